The highest BCUT2D eigenvalue weighted by Gasteiger charge is 2.24. The molecule has 0 spiro atoms. The van der Waals surface area contributed by atoms with Crippen LogP contribution in [0.3, 0.4) is 0 Å². The Morgan fingerprint density at radius 1 is 1.21 bits per heavy atom. The topological polar surface area (TPSA) is 38.8 Å². The number of carbonyl (C=O) groups excluding carboxylic acids is 1. The van der Waals surface area contributed by atoms with E-state index in [9.17, 15) is 4.79 Å². The van der Waals surface area contributed by atoms with Crippen molar-refractivity contribution in [3.63, 3.8) is 0 Å². The van der Waals surface area contributed by atoms with Crippen LogP contribution < -0.4 is 5.32 Å². The van der Waals surface area contributed by atoms with Gasteiger partial charge in [0.25, 0.3) is 0 Å². The van der Waals surface area contributed by atoms with Crippen LogP contribution in [0.1, 0.15) is 24.0 Å². The van der Waals surface area contributed by atoms with Crippen LogP contribution in [0.25, 0.3) is 0 Å². The Morgan fingerprint density at radius 2 is 2.00 bits per heavy atom. The molecule has 0 aromatic heterocycles. The van der Waals surface area contributed by atoms with Crippen LogP contribution in [0.15, 0.2) is 24.3 Å². The van der Waals surface area contributed by atoms with Gasteiger partial charge in [0.2, 0.25) is 0 Å². The molecule has 132 valence electrons. The normalized spacial score (nSPS) is 22.8. The highest BCUT2D eigenvalue weighted by Crippen LogP contribution is 2.14. The van der Waals surface area contributed by atoms with Crippen LogP contribution in [0, 0.1) is 6.92 Å². The van der Waals surface area contributed by atoms with Gasteiger partial charge in [0.05, 0.1) is 0 Å². The molecule has 2 aliphatic heterocycles. The van der Waals surface area contributed by atoms with Crippen molar-refractivity contribution >= 4 is 6.03 Å². The van der Waals surface area contributed by atoms with Gasteiger partial charge in [-0.2, -0.15) is 0 Å². The van der Waals surface area contributed by atoms with Gasteiger partial charge in [-0.3, -0.25) is 4.90 Å². The molecule has 1 aromatic carbocycles. The Balaban J connectivity index is 1.40. The molecule has 2 aliphatic rings. The lowest BCUT2D eigenvalue weighted by Crippen LogP contribution is -2.52. The molecule has 1 N–H and O–H groups in total. The second kappa shape index (κ2) is 7.99. The third-order valence-electron chi connectivity index (χ3n) is 5.31. The summed E-state index contributed by atoms with van der Waals surface area (Å²) in [7, 11) is 2.15. The van der Waals surface area contributed by atoms with Gasteiger partial charge in [-0.25, -0.2) is 4.79 Å². The molecule has 3 rings (SSSR count). The maximum atomic E-state index is 12.3. The number of piperazine rings is 1. The second-order valence-electron chi connectivity index (χ2n) is 7.21. The van der Waals surface area contributed by atoms with E-state index in [2.05, 4.69) is 53.4 Å². The Hall–Kier alpha value is -1.59. The molecular formula is C19H30N4O. The summed E-state index contributed by atoms with van der Waals surface area (Å²) in [5.41, 5.74) is 2.67. The SMILES string of the molecule is Cc1cccc(CN2CCN(C(=O)NCC3CCCN3C)CC2)c1. The monoisotopic (exact) mass is 330 g/mol. The fraction of sp³-hybridized carbons (Fsp3) is 0.632. The number of urea groups is 1. The summed E-state index contributed by atoms with van der Waals surface area (Å²) < 4.78 is 0. The van der Waals surface area contributed by atoms with Crippen LogP contribution in [0.4, 0.5) is 4.79 Å². The van der Waals surface area contributed by atoms with Gasteiger partial charge in [0, 0.05) is 45.3 Å². The van der Waals surface area contributed by atoms with Gasteiger partial charge in [-0.05, 0) is 38.9 Å². The number of likely N-dealkylation sites (N-methyl/N-ethyl adjacent to an activating group) is 1. The zero-order chi connectivity index (χ0) is 16.9. The molecule has 1 unspecified atom stereocenters. The van der Waals surface area contributed by atoms with Gasteiger partial charge >= 0.3 is 6.03 Å². The number of aryl methyl sites for hydroxylation is 1. The Labute approximate surface area is 145 Å². The number of hydrogen-bond donors (Lipinski definition) is 1. The van der Waals surface area contributed by atoms with Crippen LogP contribution in [-0.4, -0.2) is 73.1 Å². The van der Waals surface area contributed by atoms with E-state index in [1.54, 1.807) is 0 Å². The standard InChI is InChI=1S/C19H30N4O/c1-16-5-3-6-17(13-16)15-22-9-11-23(12-10-22)19(24)20-14-18-7-4-8-21(18)2/h3,5-6,13,18H,4,7-12,14-15H2,1-2H3,(H,20,24). The number of nitrogens with one attached hydrogen (secondary N) is 1. The fourth-order valence-corrected chi connectivity index (χ4v) is 3.73. The lowest BCUT2D eigenvalue weighted by molar-refractivity contribution is 0.134. The van der Waals surface area contributed by atoms with Crippen LogP contribution >= 0.6 is 0 Å². The van der Waals surface area contributed by atoms with E-state index in [0.29, 0.717) is 6.04 Å². The van der Waals surface area contributed by atoms with Gasteiger partial charge in [0.1, 0.15) is 0 Å². The zero-order valence-electron chi connectivity index (χ0n) is 15.0. The van der Waals surface area contributed by atoms with Gasteiger partial charge < -0.3 is 15.1 Å². The smallest absolute Gasteiger partial charge is 0.317 e. The van der Waals surface area contributed by atoms with Crippen molar-refractivity contribution in [1.29, 1.82) is 0 Å². The second-order valence-corrected chi connectivity index (χ2v) is 7.21. The summed E-state index contributed by atoms with van der Waals surface area (Å²) in [4.78, 5) is 19.1. The summed E-state index contributed by atoms with van der Waals surface area (Å²) >= 11 is 0. The minimum atomic E-state index is 0.102. The molecule has 1 aromatic rings. The summed E-state index contributed by atoms with van der Waals surface area (Å²) in [5.74, 6) is 0. The Bertz CT molecular complexity index is 554. The van der Waals surface area contributed by atoms with Crippen molar-refractivity contribution in [1.82, 2.24) is 20.0 Å². The van der Waals surface area contributed by atoms with Crippen molar-refractivity contribution in [2.24, 2.45) is 0 Å². The summed E-state index contributed by atoms with van der Waals surface area (Å²) in [5, 5.41) is 3.12. The van der Waals surface area contributed by atoms with Crippen molar-refractivity contribution in [3.8, 4) is 0 Å². The first kappa shape index (κ1) is 17.2. The average Bonchev–Trinajstić information content (AvgIpc) is 2.98. The summed E-state index contributed by atoms with van der Waals surface area (Å²) in [6.07, 6.45) is 2.44. The molecule has 5 nitrogen and oxygen atoms in total. The first-order valence-corrected chi connectivity index (χ1v) is 9.13. The minimum Gasteiger partial charge on any atom is -0.336 e. The molecule has 2 fully saturated rings. The van der Waals surface area contributed by atoms with E-state index in [-0.39, 0.29) is 6.03 Å². The maximum Gasteiger partial charge on any atom is 0.317 e. The number of amides is 2. The molecule has 2 heterocycles. The number of likely N-dealkylation sites (tertiary alicyclic amines) is 1. The van der Waals surface area contributed by atoms with E-state index in [0.717, 1.165) is 45.8 Å². The largest absolute Gasteiger partial charge is 0.336 e. The van der Waals surface area contributed by atoms with Gasteiger partial charge in [0.15, 0.2) is 0 Å². The third-order valence-corrected chi connectivity index (χ3v) is 5.31. The zero-order valence-corrected chi connectivity index (χ0v) is 15.0. The maximum absolute atomic E-state index is 12.3. The highest BCUT2D eigenvalue weighted by molar-refractivity contribution is 5.74. The third kappa shape index (κ3) is 4.48. The van der Waals surface area contributed by atoms with Crippen molar-refractivity contribution in [2.45, 2.75) is 32.4 Å². The van der Waals surface area contributed by atoms with Crippen molar-refractivity contribution < 1.29 is 4.79 Å². The van der Waals surface area contributed by atoms with Crippen LogP contribution in [0.5, 0.6) is 0 Å². The van der Waals surface area contributed by atoms with E-state index >= 15 is 0 Å². The number of benzene rings is 1. The summed E-state index contributed by atoms with van der Waals surface area (Å²) in [6.45, 7) is 8.57. The quantitative estimate of drug-likeness (QED) is 0.917. The first-order chi connectivity index (χ1) is 11.6. The van der Waals surface area contributed by atoms with E-state index in [1.165, 1.54) is 24.0 Å². The Morgan fingerprint density at radius 3 is 2.67 bits per heavy atom. The molecule has 2 saturated heterocycles. The average molecular weight is 330 g/mol. The van der Waals surface area contributed by atoms with Gasteiger partial charge in [-0.15, -0.1) is 0 Å². The molecular weight excluding hydrogens is 300 g/mol. The molecule has 0 bridgehead atoms. The predicted octanol–water partition coefficient (Wildman–Crippen LogP) is 1.92. The number of carbonyl (C=O) groups is 1. The minimum absolute atomic E-state index is 0.102. The van der Waals surface area contributed by atoms with Gasteiger partial charge in [-0.1, -0.05) is 29.8 Å². The molecule has 0 aliphatic carbocycles. The molecule has 0 saturated carbocycles. The molecule has 1 atom stereocenters. The van der Waals surface area contributed by atoms with Crippen molar-refractivity contribution in [3.05, 3.63) is 35.4 Å². The molecule has 24 heavy (non-hydrogen) atoms. The van der Waals surface area contributed by atoms with E-state index in [1.807, 2.05) is 4.90 Å². The predicted molar refractivity (Wildman–Crippen MR) is 97.1 cm³/mol. The highest BCUT2D eigenvalue weighted by atomic mass is 16.2. The number of nitrogens with zero attached hydrogens (tertiary/aromatic N) is 3. The van der Waals surface area contributed by atoms with E-state index in [4.69, 9.17) is 0 Å². The number of rotatable bonds is 4. The fourth-order valence-electron chi connectivity index (χ4n) is 3.73. The molecule has 2 amide bonds. The first-order valence-electron chi connectivity index (χ1n) is 9.13. The molecule has 5 heteroatoms. The lowest BCUT2D eigenvalue weighted by Gasteiger charge is -2.35. The molecule has 0 radical (unpaired) electrons. The van der Waals surface area contributed by atoms with Crippen LogP contribution in [-0.2, 0) is 6.54 Å². The van der Waals surface area contributed by atoms with E-state index < -0.39 is 0 Å². The van der Waals surface area contributed by atoms with Crippen molar-refractivity contribution in [2.75, 3.05) is 46.3 Å². The number of hydrogen-bond acceptors (Lipinski definition) is 3. The summed E-state index contributed by atoms with van der Waals surface area (Å²) in [6, 6.07) is 9.30. The van der Waals surface area contributed by atoms with Crippen LogP contribution in [0.2, 0.25) is 0 Å². The Kier molecular flexibility index (Phi) is 5.74. The lowest BCUT2D eigenvalue weighted by atomic mass is 10.1.